The SMILES string of the molecule is CCn1c(SCC(=O)Nc2ccc(C)c(C)c2)nnc1[C@@H](NC(=O)c1ccccc1)C(C)C. The van der Waals surface area contributed by atoms with E-state index in [1.54, 1.807) is 12.1 Å². The molecule has 0 aliphatic rings. The second-order valence-electron chi connectivity index (χ2n) is 8.28. The molecule has 33 heavy (non-hydrogen) atoms. The summed E-state index contributed by atoms with van der Waals surface area (Å²) in [6, 6.07) is 14.7. The zero-order chi connectivity index (χ0) is 24.0. The first-order valence-electron chi connectivity index (χ1n) is 11.1. The van der Waals surface area contributed by atoms with E-state index in [4.69, 9.17) is 0 Å². The molecular weight excluding hydrogens is 434 g/mol. The van der Waals surface area contributed by atoms with Gasteiger partial charge in [0.15, 0.2) is 11.0 Å². The average Bonchev–Trinajstić information content (AvgIpc) is 3.21. The number of amides is 2. The van der Waals surface area contributed by atoms with Crippen LogP contribution in [-0.2, 0) is 11.3 Å². The van der Waals surface area contributed by atoms with E-state index in [0.717, 1.165) is 11.3 Å². The van der Waals surface area contributed by atoms with Crippen molar-refractivity contribution in [3.8, 4) is 0 Å². The summed E-state index contributed by atoms with van der Waals surface area (Å²) in [5.74, 6) is 0.760. The quantitative estimate of drug-likeness (QED) is 0.444. The summed E-state index contributed by atoms with van der Waals surface area (Å²) < 4.78 is 1.96. The average molecular weight is 466 g/mol. The van der Waals surface area contributed by atoms with Gasteiger partial charge < -0.3 is 15.2 Å². The molecule has 0 bridgehead atoms. The number of nitrogens with zero attached hydrogens (tertiary/aromatic N) is 3. The Morgan fingerprint density at radius 3 is 2.39 bits per heavy atom. The minimum absolute atomic E-state index is 0.103. The van der Waals surface area contributed by atoms with E-state index < -0.39 is 0 Å². The van der Waals surface area contributed by atoms with Gasteiger partial charge in [-0.25, -0.2) is 0 Å². The topological polar surface area (TPSA) is 88.9 Å². The number of aromatic nitrogens is 3. The van der Waals surface area contributed by atoms with Gasteiger partial charge >= 0.3 is 0 Å². The number of thioether (sulfide) groups is 1. The van der Waals surface area contributed by atoms with Crippen LogP contribution >= 0.6 is 11.8 Å². The number of carbonyl (C=O) groups is 2. The lowest BCUT2D eigenvalue weighted by Crippen LogP contribution is -2.33. The van der Waals surface area contributed by atoms with Crippen molar-refractivity contribution < 1.29 is 9.59 Å². The molecule has 0 spiro atoms. The fourth-order valence-corrected chi connectivity index (χ4v) is 4.23. The Kier molecular flexibility index (Phi) is 8.27. The molecule has 0 saturated heterocycles. The Balaban J connectivity index is 1.70. The lowest BCUT2D eigenvalue weighted by molar-refractivity contribution is -0.113. The Morgan fingerprint density at radius 2 is 1.76 bits per heavy atom. The molecule has 1 heterocycles. The predicted octanol–water partition coefficient (Wildman–Crippen LogP) is 4.77. The zero-order valence-electron chi connectivity index (χ0n) is 19.8. The van der Waals surface area contributed by atoms with Crippen LogP contribution in [0.25, 0.3) is 0 Å². The van der Waals surface area contributed by atoms with Crippen LogP contribution in [-0.4, -0.2) is 32.3 Å². The molecule has 8 heteroatoms. The van der Waals surface area contributed by atoms with E-state index in [-0.39, 0.29) is 29.5 Å². The van der Waals surface area contributed by atoms with Crippen molar-refractivity contribution in [2.24, 2.45) is 5.92 Å². The van der Waals surface area contributed by atoms with Crippen LogP contribution in [0.15, 0.2) is 53.7 Å². The number of hydrogen-bond donors (Lipinski definition) is 2. The summed E-state index contributed by atoms with van der Waals surface area (Å²) in [5, 5.41) is 15.4. The first-order valence-corrected chi connectivity index (χ1v) is 12.1. The minimum atomic E-state index is -0.302. The molecule has 174 valence electrons. The van der Waals surface area contributed by atoms with Crippen LogP contribution in [0.5, 0.6) is 0 Å². The molecule has 3 aromatic rings. The first-order chi connectivity index (χ1) is 15.8. The van der Waals surface area contributed by atoms with Crippen molar-refractivity contribution in [2.75, 3.05) is 11.1 Å². The van der Waals surface area contributed by atoms with E-state index in [2.05, 4.69) is 20.8 Å². The molecule has 0 saturated carbocycles. The van der Waals surface area contributed by atoms with E-state index in [0.29, 0.717) is 23.1 Å². The zero-order valence-corrected chi connectivity index (χ0v) is 20.6. The van der Waals surface area contributed by atoms with Crippen LogP contribution in [0, 0.1) is 19.8 Å². The molecule has 0 radical (unpaired) electrons. The molecule has 2 aromatic carbocycles. The molecule has 1 aromatic heterocycles. The van der Waals surface area contributed by atoms with Crippen LogP contribution in [0.3, 0.4) is 0 Å². The molecular formula is C25H31N5O2S. The Labute approximate surface area is 199 Å². The molecule has 2 N–H and O–H groups in total. The van der Waals surface area contributed by atoms with Crippen LogP contribution < -0.4 is 10.6 Å². The monoisotopic (exact) mass is 465 g/mol. The second kappa shape index (κ2) is 11.1. The maximum Gasteiger partial charge on any atom is 0.251 e. The third-order valence-corrected chi connectivity index (χ3v) is 6.42. The molecule has 0 aliphatic carbocycles. The van der Waals surface area contributed by atoms with Gasteiger partial charge in [-0.2, -0.15) is 0 Å². The second-order valence-corrected chi connectivity index (χ2v) is 9.22. The van der Waals surface area contributed by atoms with Crippen molar-refractivity contribution in [3.63, 3.8) is 0 Å². The fraction of sp³-hybridized carbons (Fsp3) is 0.360. The van der Waals surface area contributed by atoms with Gasteiger partial charge in [0.2, 0.25) is 5.91 Å². The molecule has 0 aliphatic heterocycles. The van der Waals surface area contributed by atoms with E-state index in [1.165, 1.54) is 17.3 Å². The molecule has 3 rings (SSSR count). The van der Waals surface area contributed by atoms with Crippen LogP contribution in [0.4, 0.5) is 5.69 Å². The van der Waals surface area contributed by atoms with Gasteiger partial charge in [0.1, 0.15) is 0 Å². The Bertz CT molecular complexity index is 1110. The Morgan fingerprint density at radius 1 is 1.03 bits per heavy atom. The van der Waals surface area contributed by atoms with Gasteiger partial charge in [-0.3, -0.25) is 9.59 Å². The van der Waals surface area contributed by atoms with Crippen molar-refractivity contribution >= 4 is 29.3 Å². The summed E-state index contributed by atoms with van der Waals surface area (Å²) in [6.07, 6.45) is 0. The third kappa shape index (κ3) is 6.22. The largest absolute Gasteiger partial charge is 0.342 e. The molecule has 0 unspecified atom stereocenters. The minimum Gasteiger partial charge on any atom is -0.342 e. The van der Waals surface area contributed by atoms with Gasteiger partial charge in [-0.15, -0.1) is 10.2 Å². The number of carbonyl (C=O) groups excluding carboxylic acids is 2. The van der Waals surface area contributed by atoms with Gasteiger partial charge in [0.05, 0.1) is 11.8 Å². The van der Waals surface area contributed by atoms with Crippen molar-refractivity contribution in [1.29, 1.82) is 0 Å². The number of hydrogen-bond acceptors (Lipinski definition) is 5. The number of anilines is 1. The van der Waals surface area contributed by atoms with Crippen LogP contribution in [0.1, 0.15) is 54.1 Å². The smallest absolute Gasteiger partial charge is 0.251 e. The van der Waals surface area contributed by atoms with E-state index in [9.17, 15) is 9.59 Å². The summed E-state index contributed by atoms with van der Waals surface area (Å²) in [7, 11) is 0. The highest BCUT2D eigenvalue weighted by Crippen LogP contribution is 2.26. The van der Waals surface area contributed by atoms with Gasteiger partial charge in [-0.1, -0.05) is 49.9 Å². The molecule has 2 amide bonds. The van der Waals surface area contributed by atoms with Crippen molar-refractivity contribution in [3.05, 3.63) is 71.0 Å². The number of aryl methyl sites for hydroxylation is 2. The molecule has 7 nitrogen and oxygen atoms in total. The maximum atomic E-state index is 12.7. The van der Waals surface area contributed by atoms with Crippen molar-refractivity contribution in [1.82, 2.24) is 20.1 Å². The normalized spacial score (nSPS) is 11.9. The van der Waals surface area contributed by atoms with Gasteiger partial charge in [0.25, 0.3) is 5.91 Å². The van der Waals surface area contributed by atoms with Crippen LogP contribution in [0.2, 0.25) is 0 Å². The third-order valence-electron chi connectivity index (χ3n) is 5.45. The number of nitrogens with one attached hydrogen (secondary N) is 2. The highest BCUT2D eigenvalue weighted by Gasteiger charge is 2.26. The lowest BCUT2D eigenvalue weighted by atomic mass is 10.0. The summed E-state index contributed by atoms with van der Waals surface area (Å²) in [4.78, 5) is 25.2. The highest BCUT2D eigenvalue weighted by molar-refractivity contribution is 7.99. The summed E-state index contributed by atoms with van der Waals surface area (Å²) >= 11 is 1.34. The highest BCUT2D eigenvalue weighted by atomic mass is 32.2. The lowest BCUT2D eigenvalue weighted by Gasteiger charge is -2.22. The fourth-order valence-electron chi connectivity index (χ4n) is 3.42. The van der Waals surface area contributed by atoms with E-state index in [1.807, 2.05) is 75.6 Å². The van der Waals surface area contributed by atoms with E-state index >= 15 is 0 Å². The molecule has 1 atom stereocenters. The van der Waals surface area contributed by atoms with Gasteiger partial charge in [0, 0.05) is 17.8 Å². The number of rotatable bonds is 9. The molecule has 0 fully saturated rings. The van der Waals surface area contributed by atoms with Crippen molar-refractivity contribution in [2.45, 2.75) is 52.4 Å². The summed E-state index contributed by atoms with van der Waals surface area (Å²) in [5.41, 5.74) is 3.70. The first kappa shape index (κ1) is 24.5. The van der Waals surface area contributed by atoms with Gasteiger partial charge in [-0.05, 0) is 62.1 Å². The Hall–Kier alpha value is -3.13. The standard InChI is InChI=1S/C25H31N5O2S/c1-6-30-23(22(16(2)3)27-24(32)19-10-8-7-9-11-19)28-29-25(30)33-15-21(31)26-20-13-12-17(4)18(5)14-20/h7-14,16,22H,6,15H2,1-5H3,(H,26,31)(H,27,32)/t22-/m0/s1. The summed E-state index contributed by atoms with van der Waals surface area (Å²) in [6.45, 7) is 10.8. The maximum absolute atomic E-state index is 12.7. The predicted molar refractivity (Wildman–Crippen MR) is 132 cm³/mol. The number of benzene rings is 2.